The first kappa shape index (κ1) is 11.6. The molecule has 1 nitrogen and oxygen atoms in total. The summed E-state index contributed by atoms with van der Waals surface area (Å²) in [5.74, 6) is 1.11. The lowest BCUT2D eigenvalue weighted by atomic mass is 10.3. The number of hydrogen-bond acceptors (Lipinski definition) is 2. The van der Waals surface area contributed by atoms with Gasteiger partial charge in [0.2, 0.25) is 0 Å². The molecule has 0 aromatic heterocycles. The number of benzene rings is 1. The molecule has 82 valence electrons. The normalized spacial score (nSPS) is 20.8. The van der Waals surface area contributed by atoms with E-state index in [1.54, 1.807) is 0 Å². The minimum Gasteiger partial charge on any atom is -0.313 e. The van der Waals surface area contributed by atoms with Crippen LogP contribution in [0.4, 0.5) is 0 Å². The average molecular weight is 262 g/mol. The van der Waals surface area contributed by atoms with Crippen LogP contribution in [0.5, 0.6) is 0 Å². The SMILES string of the molecule is Clc1ccc(SCC2CCCN2)cc1Cl. The Kier molecular flexibility index (Phi) is 4.21. The molecule has 1 unspecified atom stereocenters. The van der Waals surface area contributed by atoms with Crippen LogP contribution in [0.2, 0.25) is 10.0 Å². The molecule has 1 heterocycles. The molecular formula is C11H13Cl2NS. The zero-order chi connectivity index (χ0) is 10.7. The number of thioether (sulfide) groups is 1. The van der Waals surface area contributed by atoms with Gasteiger partial charge in [0, 0.05) is 16.7 Å². The molecule has 0 bridgehead atoms. The average Bonchev–Trinajstić information content (AvgIpc) is 2.73. The van der Waals surface area contributed by atoms with Crippen molar-refractivity contribution in [2.45, 2.75) is 23.8 Å². The van der Waals surface area contributed by atoms with Crippen molar-refractivity contribution in [2.24, 2.45) is 0 Å². The van der Waals surface area contributed by atoms with Gasteiger partial charge >= 0.3 is 0 Å². The van der Waals surface area contributed by atoms with E-state index >= 15 is 0 Å². The second-order valence-electron chi connectivity index (χ2n) is 3.68. The molecule has 1 aliphatic heterocycles. The van der Waals surface area contributed by atoms with Gasteiger partial charge in [-0.05, 0) is 37.6 Å². The van der Waals surface area contributed by atoms with Crippen molar-refractivity contribution in [1.29, 1.82) is 0 Å². The van der Waals surface area contributed by atoms with Crippen LogP contribution in [-0.4, -0.2) is 18.3 Å². The second-order valence-corrected chi connectivity index (χ2v) is 5.59. The van der Waals surface area contributed by atoms with Crippen molar-refractivity contribution in [1.82, 2.24) is 5.32 Å². The van der Waals surface area contributed by atoms with Gasteiger partial charge in [-0.25, -0.2) is 0 Å². The monoisotopic (exact) mass is 261 g/mol. The molecule has 2 rings (SSSR count). The van der Waals surface area contributed by atoms with Gasteiger partial charge in [-0.2, -0.15) is 0 Å². The third kappa shape index (κ3) is 3.28. The third-order valence-electron chi connectivity index (χ3n) is 2.50. The summed E-state index contributed by atoms with van der Waals surface area (Å²) in [6, 6.07) is 6.47. The molecule has 0 radical (unpaired) electrons. The molecule has 1 N–H and O–H groups in total. The van der Waals surface area contributed by atoms with Crippen molar-refractivity contribution < 1.29 is 0 Å². The van der Waals surface area contributed by atoms with E-state index in [0.29, 0.717) is 16.1 Å². The van der Waals surface area contributed by atoms with E-state index in [4.69, 9.17) is 23.2 Å². The molecule has 1 aromatic carbocycles. The Balaban J connectivity index is 1.90. The summed E-state index contributed by atoms with van der Waals surface area (Å²) in [4.78, 5) is 1.19. The highest BCUT2D eigenvalue weighted by atomic mass is 35.5. The molecule has 1 aromatic rings. The maximum absolute atomic E-state index is 5.95. The van der Waals surface area contributed by atoms with Crippen LogP contribution >= 0.6 is 35.0 Å². The molecular weight excluding hydrogens is 249 g/mol. The predicted octanol–water partition coefficient (Wildman–Crippen LogP) is 3.84. The van der Waals surface area contributed by atoms with E-state index in [2.05, 4.69) is 5.32 Å². The second kappa shape index (κ2) is 5.44. The number of rotatable bonds is 3. The highest BCUT2D eigenvalue weighted by molar-refractivity contribution is 7.99. The largest absolute Gasteiger partial charge is 0.313 e. The predicted molar refractivity (Wildman–Crippen MR) is 68.2 cm³/mol. The van der Waals surface area contributed by atoms with E-state index in [1.165, 1.54) is 17.7 Å². The minimum atomic E-state index is 0.625. The van der Waals surface area contributed by atoms with E-state index < -0.39 is 0 Å². The number of nitrogens with one attached hydrogen (secondary N) is 1. The Bertz CT molecular complexity index is 337. The fraction of sp³-hybridized carbons (Fsp3) is 0.455. The zero-order valence-corrected chi connectivity index (χ0v) is 10.6. The lowest BCUT2D eigenvalue weighted by Crippen LogP contribution is -2.23. The van der Waals surface area contributed by atoms with Gasteiger partial charge in [0.1, 0.15) is 0 Å². The minimum absolute atomic E-state index is 0.625. The standard InChI is InChI=1S/C11H13Cl2NS/c12-10-4-3-9(6-11(10)13)15-7-8-2-1-5-14-8/h3-4,6,8,14H,1-2,5,7H2. The highest BCUT2D eigenvalue weighted by Crippen LogP contribution is 2.28. The number of halogens is 2. The van der Waals surface area contributed by atoms with Gasteiger partial charge in [-0.15, -0.1) is 11.8 Å². The fourth-order valence-corrected chi connectivity index (χ4v) is 3.07. The van der Waals surface area contributed by atoms with Crippen LogP contribution in [0.1, 0.15) is 12.8 Å². The maximum Gasteiger partial charge on any atom is 0.0603 e. The molecule has 0 saturated carbocycles. The topological polar surface area (TPSA) is 12.0 Å². The molecule has 1 atom stereocenters. The third-order valence-corrected chi connectivity index (χ3v) is 4.40. The Morgan fingerprint density at radius 2 is 2.20 bits per heavy atom. The first-order valence-corrected chi connectivity index (χ1v) is 6.81. The Hall–Kier alpha value is 0.110. The summed E-state index contributed by atoms with van der Waals surface area (Å²) in [5, 5.41) is 4.74. The van der Waals surface area contributed by atoms with E-state index in [1.807, 2.05) is 30.0 Å². The molecule has 1 saturated heterocycles. The molecule has 0 aliphatic carbocycles. The van der Waals surface area contributed by atoms with Crippen molar-refractivity contribution >= 4 is 35.0 Å². The summed E-state index contributed by atoms with van der Waals surface area (Å²) in [6.07, 6.45) is 2.58. The first-order valence-electron chi connectivity index (χ1n) is 5.07. The van der Waals surface area contributed by atoms with Gasteiger partial charge < -0.3 is 5.32 Å². The summed E-state index contributed by atoms with van der Waals surface area (Å²) in [5.41, 5.74) is 0. The van der Waals surface area contributed by atoms with Crippen LogP contribution in [0, 0.1) is 0 Å². The quantitative estimate of drug-likeness (QED) is 0.831. The number of hydrogen-bond donors (Lipinski definition) is 1. The maximum atomic E-state index is 5.95. The summed E-state index contributed by atoms with van der Waals surface area (Å²) in [7, 11) is 0. The van der Waals surface area contributed by atoms with Crippen molar-refractivity contribution in [3.05, 3.63) is 28.2 Å². The summed E-state index contributed by atoms with van der Waals surface area (Å²) in [6.45, 7) is 1.16. The van der Waals surface area contributed by atoms with Gasteiger partial charge in [-0.3, -0.25) is 0 Å². The Morgan fingerprint density at radius 3 is 2.87 bits per heavy atom. The van der Waals surface area contributed by atoms with Gasteiger partial charge in [0.05, 0.1) is 10.0 Å². The van der Waals surface area contributed by atoms with Crippen LogP contribution < -0.4 is 5.32 Å². The lowest BCUT2D eigenvalue weighted by Gasteiger charge is -2.09. The highest BCUT2D eigenvalue weighted by Gasteiger charge is 2.13. The smallest absolute Gasteiger partial charge is 0.0603 e. The molecule has 15 heavy (non-hydrogen) atoms. The van der Waals surface area contributed by atoms with E-state index in [-0.39, 0.29) is 0 Å². The van der Waals surface area contributed by atoms with Gasteiger partial charge in [-0.1, -0.05) is 23.2 Å². The van der Waals surface area contributed by atoms with E-state index in [0.717, 1.165) is 12.3 Å². The van der Waals surface area contributed by atoms with Crippen LogP contribution in [-0.2, 0) is 0 Å². The van der Waals surface area contributed by atoms with Gasteiger partial charge in [0.25, 0.3) is 0 Å². The Morgan fingerprint density at radius 1 is 1.33 bits per heavy atom. The van der Waals surface area contributed by atoms with E-state index in [9.17, 15) is 0 Å². The summed E-state index contributed by atoms with van der Waals surface area (Å²) >= 11 is 13.6. The van der Waals surface area contributed by atoms with Crippen molar-refractivity contribution in [2.75, 3.05) is 12.3 Å². The fourth-order valence-electron chi connectivity index (χ4n) is 1.66. The van der Waals surface area contributed by atoms with Crippen LogP contribution in [0.15, 0.2) is 23.1 Å². The van der Waals surface area contributed by atoms with Gasteiger partial charge in [0.15, 0.2) is 0 Å². The van der Waals surface area contributed by atoms with Crippen LogP contribution in [0.3, 0.4) is 0 Å². The Labute approximate surface area is 105 Å². The first-order chi connectivity index (χ1) is 7.25. The molecule has 4 heteroatoms. The van der Waals surface area contributed by atoms with Crippen molar-refractivity contribution in [3.8, 4) is 0 Å². The van der Waals surface area contributed by atoms with Crippen LogP contribution in [0.25, 0.3) is 0 Å². The zero-order valence-electron chi connectivity index (χ0n) is 8.30. The molecule has 0 amide bonds. The molecule has 1 aliphatic rings. The van der Waals surface area contributed by atoms with Crippen molar-refractivity contribution in [3.63, 3.8) is 0 Å². The summed E-state index contributed by atoms with van der Waals surface area (Å²) < 4.78 is 0. The molecule has 1 fully saturated rings. The lowest BCUT2D eigenvalue weighted by molar-refractivity contribution is 0.674. The molecule has 0 spiro atoms.